The molecule has 2 rings (SSSR count). The molecule has 0 atom stereocenters. The average Bonchev–Trinajstić information content (AvgIpc) is 2.78. The van der Waals surface area contributed by atoms with Crippen LogP contribution in [0.2, 0.25) is 0 Å². The van der Waals surface area contributed by atoms with E-state index in [1.165, 1.54) is 5.56 Å². The van der Waals surface area contributed by atoms with Crippen LogP contribution in [-0.4, -0.2) is 112 Å². The van der Waals surface area contributed by atoms with E-state index in [2.05, 4.69) is 4.90 Å². The number of rotatable bonds is 3. The normalized spacial score (nSPS) is 19.2. The Morgan fingerprint density at radius 2 is 1.29 bits per heavy atom. The zero-order valence-electron chi connectivity index (χ0n) is 21.0. The van der Waals surface area contributed by atoms with Crippen LogP contribution in [0, 0.1) is 0 Å². The van der Waals surface area contributed by atoms with Gasteiger partial charge in [-0.1, -0.05) is 12.1 Å². The molecule has 1 N–H and O–H groups in total. The van der Waals surface area contributed by atoms with Gasteiger partial charge in [0.1, 0.15) is 11.4 Å². The van der Waals surface area contributed by atoms with E-state index in [0.29, 0.717) is 65.9 Å². The number of hydrogen-bond donors (Lipinski definition) is 1. The summed E-state index contributed by atoms with van der Waals surface area (Å²) >= 11 is 0. The molecule has 0 bridgehead atoms. The molecular weight excluding hydrogens is 440 g/mol. The highest BCUT2D eigenvalue weighted by Crippen LogP contribution is 2.11. The molecule has 0 spiro atoms. The van der Waals surface area contributed by atoms with Crippen LogP contribution < -0.4 is 0 Å². The van der Waals surface area contributed by atoms with Crippen LogP contribution in [0.5, 0.6) is 5.75 Å². The van der Waals surface area contributed by atoms with Crippen molar-refractivity contribution in [1.82, 2.24) is 9.80 Å². The molecule has 0 aromatic heterocycles. The van der Waals surface area contributed by atoms with Crippen LogP contribution in [0.1, 0.15) is 26.3 Å². The van der Waals surface area contributed by atoms with Crippen LogP contribution in [0.15, 0.2) is 24.3 Å². The Kier molecular flexibility index (Phi) is 13.2. The highest BCUT2D eigenvalue weighted by atomic mass is 16.6. The number of phenolic OH excluding ortho intramolecular Hbond substituents is 1. The molecule has 1 aromatic carbocycles. The summed E-state index contributed by atoms with van der Waals surface area (Å²) in [6.45, 7) is 12.8. The number of aromatic hydroxyl groups is 1. The van der Waals surface area contributed by atoms with Crippen molar-refractivity contribution in [3.05, 3.63) is 29.8 Å². The van der Waals surface area contributed by atoms with Crippen molar-refractivity contribution in [2.75, 3.05) is 85.6 Å². The summed E-state index contributed by atoms with van der Waals surface area (Å²) in [6.07, 6.45) is 0.523. The Morgan fingerprint density at radius 1 is 0.824 bits per heavy atom. The van der Waals surface area contributed by atoms with E-state index >= 15 is 0 Å². The maximum Gasteiger partial charge on any atom is 0.410 e. The second-order valence-corrected chi connectivity index (χ2v) is 9.17. The molecular formula is C25H42N2O7. The van der Waals surface area contributed by atoms with Gasteiger partial charge in [0.25, 0.3) is 0 Å². The van der Waals surface area contributed by atoms with Crippen LogP contribution in [0.4, 0.5) is 4.79 Å². The number of carbonyl (C=O) groups excluding carboxylic acids is 1. The Balaban J connectivity index is 1.78. The van der Waals surface area contributed by atoms with Crippen molar-refractivity contribution < 1.29 is 33.6 Å². The first-order valence-corrected chi connectivity index (χ1v) is 12.1. The zero-order chi connectivity index (χ0) is 24.7. The lowest BCUT2D eigenvalue weighted by Crippen LogP contribution is -2.40. The molecule has 0 aliphatic carbocycles. The lowest BCUT2D eigenvalue weighted by molar-refractivity contribution is -0.00627. The van der Waals surface area contributed by atoms with Gasteiger partial charge in [0.2, 0.25) is 0 Å². The summed E-state index contributed by atoms with van der Waals surface area (Å²) in [6, 6.07) is 7.33. The average molecular weight is 483 g/mol. The Hall–Kier alpha value is -1.91. The van der Waals surface area contributed by atoms with Crippen LogP contribution in [0.3, 0.4) is 0 Å². The third-order valence-electron chi connectivity index (χ3n) is 5.16. The zero-order valence-corrected chi connectivity index (χ0v) is 21.0. The fourth-order valence-corrected chi connectivity index (χ4v) is 3.29. The van der Waals surface area contributed by atoms with Gasteiger partial charge in [-0.15, -0.1) is 0 Å². The predicted molar refractivity (Wildman–Crippen MR) is 129 cm³/mol. The summed E-state index contributed by atoms with van der Waals surface area (Å²) in [4.78, 5) is 16.4. The molecule has 0 saturated carbocycles. The number of ether oxygens (including phenoxy) is 5. The first-order chi connectivity index (χ1) is 16.3. The molecule has 1 saturated heterocycles. The minimum absolute atomic E-state index is 0.282. The second-order valence-electron chi connectivity index (χ2n) is 9.17. The van der Waals surface area contributed by atoms with Crippen molar-refractivity contribution >= 4 is 6.09 Å². The molecule has 194 valence electrons. The molecule has 1 amide bonds. The standard InChI is InChI=1S/C25H42N2O7/c1-25(2,3)34-24(29)27-12-16-32-20-18-30-14-10-26(11-15-31-19-21-33-17-13-27)9-8-22-4-6-23(28)7-5-22/h4-7,28H,8-21H2,1-3H3. The van der Waals surface area contributed by atoms with Crippen molar-refractivity contribution in [2.24, 2.45) is 0 Å². The largest absolute Gasteiger partial charge is 0.508 e. The minimum atomic E-state index is -0.551. The minimum Gasteiger partial charge on any atom is -0.508 e. The molecule has 1 fully saturated rings. The number of benzene rings is 1. The Labute approximate surface area is 203 Å². The number of amides is 1. The molecule has 0 radical (unpaired) electrons. The molecule has 1 heterocycles. The molecule has 1 aliphatic heterocycles. The molecule has 9 heteroatoms. The SMILES string of the molecule is CC(C)(C)OC(=O)N1CCOCCOCCN(CCc2ccc(O)cc2)CCOCCOCC1. The number of hydrogen-bond acceptors (Lipinski definition) is 8. The van der Waals surface area contributed by atoms with Gasteiger partial charge < -0.3 is 33.7 Å². The number of phenols is 1. The lowest BCUT2D eigenvalue weighted by Gasteiger charge is -2.27. The van der Waals surface area contributed by atoms with Crippen molar-refractivity contribution in [3.8, 4) is 5.75 Å². The van der Waals surface area contributed by atoms with E-state index in [-0.39, 0.29) is 11.8 Å². The quantitative estimate of drug-likeness (QED) is 0.703. The van der Waals surface area contributed by atoms with Gasteiger partial charge in [-0.2, -0.15) is 0 Å². The Bertz CT molecular complexity index is 659. The summed E-state index contributed by atoms with van der Waals surface area (Å²) in [5.41, 5.74) is 0.631. The summed E-state index contributed by atoms with van der Waals surface area (Å²) in [7, 11) is 0. The van der Waals surface area contributed by atoms with Gasteiger partial charge in [0.15, 0.2) is 0 Å². The van der Waals surface area contributed by atoms with Gasteiger partial charge in [0, 0.05) is 32.7 Å². The first-order valence-electron chi connectivity index (χ1n) is 12.1. The maximum atomic E-state index is 12.5. The first kappa shape index (κ1) is 28.3. The lowest BCUT2D eigenvalue weighted by atomic mass is 10.1. The van der Waals surface area contributed by atoms with Crippen LogP contribution >= 0.6 is 0 Å². The molecule has 0 unspecified atom stereocenters. The van der Waals surface area contributed by atoms with E-state index in [4.69, 9.17) is 23.7 Å². The number of carbonyl (C=O) groups is 1. The molecule has 34 heavy (non-hydrogen) atoms. The van der Waals surface area contributed by atoms with E-state index < -0.39 is 5.60 Å². The van der Waals surface area contributed by atoms with Gasteiger partial charge >= 0.3 is 6.09 Å². The van der Waals surface area contributed by atoms with E-state index in [1.807, 2.05) is 32.9 Å². The molecule has 1 aliphatic rings. The predicted octanol–water partition coefficient (Wildman–Crippen LogP) is 2.55. The van der Waals surface area contributed by atoms with E-state index in [1.54, 1.807) is 17.0 Å². The highest BCUT2D eigenvalue weighted by molar-refractivity contribution is 5.68. The van der Waals surface area contributed by atoms with Gasteiger partial charge in [-0.25, -0.2) is 4.79 Å². The molecule has 9 nitrogen and oxygen atoms in total. The van der Waals surface area contributed by atoms with E-state index in [0.717, 1.165) is 26.1 Å². The van der Waals surface area contributed by atoms with Gasteiger partial charge in [0.05, 0.1) is 52.9 Å². The third-order valence-corrected chi connectivity index (χ3v) is 5.16. The fourth-order valence-electron chi connectivity index (χ4n) is 3.29. The highest BCUT2D eigenvalue weighted by Gasteiger charge is 2.21. The summed E-state index contributed by atoms with van der Waals surface area (Å²) in [5, 5.41) is 9.45. The van der Waals surface area contributed by atoms with Gasteiger partial charge in [-0.3, -0.25) is 4.90 Å². The topological polar surface area (TPSA) is 89.9 Å². The second kappa shape index (κ2) is 15.9. The molecule has 1 aromatic rings. The van der Waals surface area contributed by atoms with Crippen LogP contribution in [0.25, 0.3) is 0 Å². The van der Waals surface area contributed by atoms with Crippen LogP contribution in [-0.2, 0) is 30.1 Å². The number of nitrogens with zero attached hydrogens (tertiary/aromatic N) is 2. The van der Waals surface area contributed by atoms with Crippen molar-refractivity contribution in [2.45, 2.75) is 32.8 Å². The summed E-state index contributed by atoms with van der Waals surface area (Å²) in [5.74, 6) is 0.282. The monoisotopic (exact) mass is 482 g/mol. The van der Waals surface area contributed by atoms with Crippen molar-refractivity contribution in [3.63, 3.8) is 0 Å². The van der Waals surface area contributed by atoms with E-state index in [9.17, 15) is 9.90 Å². The van der Waals surface area contributed by atoms with Gasteiger partial charge in [-0.05, 0) is 44.9 Å². The third kappa shape index (κ3) is 13.1. The van der Waals surface area contributed by atoms with Crippen molar-refractivity contribution in [1.29, 1.82) is 0 Å². The fraction of sp³-hybridized carbons (Fsp3) is 0.720. The maximum absolute atomic E-state index is 12.5. The summed E-state index contributed by atoms with van der Waals surface area (Å²) < 4.78 is 28.3. The smallest absolute Gasteiger partial charge is 0.410 e. The Morgan fingerprint density at radius 3 is 1.76 bits per heavy atom.